The van der Waals surface area contributed by atoms with Crippen molar-refractivity contribution in [2.24, 2.45) is 5.73 Å². The highest BCUT2D eigenvalue weighted by atomic mass is 32.1. The number of likely N-dealkylation sites (N-methyl/N-ethyl adjacent to an activating group) is 1. The van der Waals surface area contributed by atoms with Gasteiger partial charge in [0.25, 0.3) is 0 Å². The first-order chi connectivity index (χ1) is 9.97. The molecule has 0 heterocycles. The molecule has 2 unspecified atom stereocenters. The van der Waals surface area contributed by atoms with E-state index in [0.29, 0.717) is 23.3 Å². The van der Waals surface area contributed by atoms with Gasteiger partial charge in [0.1, 0.15) is 23.4 Å². The highest BCUT2D eigenvalue weighted by Crippen LogP contribution is 2.14. The molecular formula is C16H26N2O2S. The molecule has 3 N–H and O–H groups in total. The fourth-order valence-electron chi connectivity index (χ4n) is 2.13. The summed E-state index contributed by atoms with van der Waals surface area (Å²) in [5, 5.41) is 10.1. The number of ether oxygens (including phenoxy) is 1. The number of thiocarbonyl (C=S) groups is 1. The summed E-state index contributed by atoms with van der Waals surface area (Å²) in [6, 6.07) is 7.77. The third-order valence-electron chi connectivity index (χ3n) is 3.63. The van der Waals surface area contributed by atoms with E-state index in [1.165, 1.54) is 0 Å². The van der Waals surface area contributed by atoms with E-state index in [-0.39, 0.29) is 6.61 Å². The summed E-state index contributed by atoms with van der Waals surface area (Å²) < 4.78 is 5.63. The second-order valence-electron chi connectivity index (χ2n) is 5.20. The molecule has 0 radical (unpaired) electrons. The molecule has 118 valence electrons. The Balaban J connectivity index is 2.50. The van der Waals surface area contributed by atoms with Crippen molar-refractivity contribution in [2.45, 2.75) is 39.3 Å². The molecule has 0 amide bonds. The van der Waals surface area contributed by atoms with Gasteiger partial charge >= 0.3 is 0 Å². The lowest BCUT2D eigenvalue weighted by Gasteiger charge is -2.29. The van der Waals surface area contributed by atoms with Crippen molar-refractivity contribution in [3.8, 4) is 5.75 Å². The number of rotatable bonds is 9. The topological polar surface area (TPSA) is 58.7 Å². The molecule has 1 aromatic rings. The summed E-state index contributed by atoms with van der Waals surface area (Å²) in [5.74, 6) is 0.672. The molecule has 0 aliphatic rings. The van der Waals surface area contributed by atoms with E-state index in [9.17, 15) is 5.11 Å². The van der Waals surface area contributed by atoms with Crippen LogP contribution < -0.4 is 10.5 Å². The van der Waals surface area contributed by atoms with E-state index >= 15 is 0 Å². The van der Waals surface area contributed by atoms with Crippen LogP contribution in [-0.2, 0) is 0 Å². The number of nitrogens with zero attached hydrogens (tertiary/aromatic N) is 1. The Bertz CT molecular complexity index is 454. The summed E-state index contributed by atoms with van der Waals surface area (Å²) in [7, 11) is 0. The highest BCUT2D eigenvalue weighted by Gasteiger charge is 2.15. The molecule has 0 spiro atoms. The Kier molecular flexibility index (Phi) is 7.64. The lowest BCUT2D eigenvalue weighted by molar-refractivity contribution is 0.0563. The van der Waals surface area contributed by atoms with Gasteiger partial charge in [-0.15, -0.1) is 0 Å². The van der Waals surface area contributed by atoms with Crippen LogP contribution in [0.5, 0.6) is 5.75 Å². The van der Waals surface area contributed by atoms with E-state index in [0.717, 1.165) is 18.5 Å². The van der Waals surface area contributed by atoms with E-state index in [4.69, 9.17) is 22.7 Å². The molecule has 4 nitrogen and oxygen atoms in total. The van der Waals surface area contributed by atoms with Gasteiger partial charge in [0.15, 0.2) is 0 Å². The van der Waals surface area contributed by atoms with Gasteiger partial charge in [-0.3, -0.25) is 4.90 Å². The maximum Gasteiger partial charge on any atom is 0.120 e. The summed E-state index contributed by atoms with van der Waals surface area (Å²) in [4.78, 5) is 2.59. The van der Waals surface area contributed by atoms with Crippen molar-refractivity contribution in [3.05, 3.63) is 29.8 Å². The van der Waals surface area contributed by atoms with Crippen LogP contribution in [0.4, 0.5) is 0 Å². The number of hydrogen-bond donors (Lipinski definition) is 2. The molecule has 0 saturated heterocycles. The minimum absolute atomic E-state index is 0.258. The monoisotopic (exact) mass is 310 g/mol. The molecule has 21 heavy (non-hydrogen) atoms. The quantitative estimate of drug-likeness (QED) is 0.685. The normalized spacial score (nSPS) is 14.0. The molecule has 1 rings (SSSR count). The molecule has 1 aromatic carbocycles. The van der Waals surface area contributed by atoms with Gasteiger partial charge in [-0.2, -0.15) is 0 Å². The molecular weight excluding hydrogens is 284 g/mol. The van der Waals surface area contributed by atoms with Crippen LogP contribution in [-0.4, -0.2) is 46.8 Å². The smallest absolute Gasteiger partial charge is 0.120 e. The summed E-state index contributed by atoms with van der Waals surface area (Å²) in [6.45, 7) is 8.21. The Labute approximate surface area is 132 Å². The largest absolute Gasteiger partial charge is 0.491 e. The van der Waals surface area contributed by atoms with E-state index < -0.39 is 6.10 Å². The van der Waals surface area contributed by atoms with Crippen molar-refractivity contribution in [2.75, 3.05) is 19.7 Å². The van der Waals surface area contributed by atoms with Gasteiger partial charge in [-0.05, 0) is 32.0 Å². The Morgan fingerprint density at radius 2 is 2.14 bits per heavy atom. The summed E-state index contributed by atoms with van der Waals surface area (Å²) in [6.07, 6.45) is 0.546. The average molecular weight is 310 g/mol. The molecule has 2 atom stereocenters. The third kappa shape index (κ3) is 5.99. The van der Waals surface area contributed by atoms with Crippen LogP contribution in [0.1, 0.15) is 32.8 Å². The highest BCUT2D eigenvalue weighted by molar-refractivity contribution is 7.80. The molecule has 5 heteroatoms. The minimum Gasteiger partial charge on any atom is -0.491 e. The zero-order valence-corrected chi connectivity index (χ0v) is 13.9. The first-order valence-corrected chi connectivity index (χ1v) is 7.83. The first kappa shape index (κ1) is 17.9. The molecule has 0 aliphatic carbocycles. The fourth-order valence-corrected chi connectivity index (χ4v) is 2.26. The van der Waals surface area contributed by atoms with Gasteiger partial charge in [0.2, 0.25) is 0 Å². The number of aliphatic hydroxyl groups excluding tert-OH is 1. The van der Waals surface area contributed by atoms with Crippen molar-refractivity contribution < 1.29 is 9.84 Å². The number of hydrogen-bond acceptors (Lipinski definition) is 4. The lowest BCUT2D eigenvalue weighted by Crippen LogP contribution is -2.40. The van der Waals surface area contributed by atoms with Gasteiger partial charge in [-0.1, -0.05) is 38.2 Å². The van der Waals surface area contributed by atoms with Crippen molar-refractivity contribution in [1.29, 1.82) is 0 Å². The van der Waals surface area contributed by atoms with E-state index in [1.807, 2.05) is 18.2 Å². The SMILES string of the molecule is CCC(C)N(CC)CC(O)COc1cccc(C(N)=S)c1. The van der Waals surface area contributed by atoms with E-state index in [1.54, 1.807) is 6.07 Å². The zero-order valence-electron chi connectivity index (χ0n) is 13.1. The van der Waals surface area contributed by atoms with Gasteiger partial charge < -0.3 is 15.6 Å². The van der Waals surface area contributed by atoms with Gasteiger partial charge in [0.05, 0.1) is 0 Å². The Morgan fingerprint density at radius 1 is 1.43 bits per heavy atom. The summed E-state index contributed by atoms with van der Waals surface area (Å²) >= 11 is 4.94. The predicted molar refractivity (Wildman–Crippen MR) is 90.8 cm³/mol. The first-order valence-electron chi connectivity index (χ1n) is 7.42. The second kappa shape index (κ2) is 8.97. The van der Waals surface area contributed by atoms with Crippen LogP contribution in [0.15, 0.2) is 24.3 Å². The van der Waals surface area contributed by atoms with Gasteiger partial charge in [-0.25, -0.2) is 0 Å². The average Bonchev–Trinajstić information content (AvgIpc) is 2.50. The molecule has 0 aromatic heterocycles. The Morgan fingerprint density at radius 3 is 2.71 bits per heavy atom. The maximum atomic E-state index is 10.1. The van der Waals surface area contributed by atoms with Crippen LogP contribution in [0.3, 0.4) is 0 Å². The standard InChI is InChI=1S/C16H26N2O2S/c1-4-12(3)18(5-2)10-14(19)11-20-15-8-6-7-13(9-15)16(17)21/h6-9,12,14,19H,4-5,10-11H2,1-3H3,(H2,17,21). The zero-order chi connectivity index (χ0) is 15.8. The predicted octanol–water partition coefficient (Wildman–Crippen LogP) is 2.18. The third-order valence-corrected chi connectivity index (χ3v) is 3.86. The minimum atomic E-state index is -0.521. The summed E-state index contributed by atoms with van der Waals surface area (Å²) in [5.41, 5.74) is 6.36. The second-order valence-corrected chi connectivity index (χ2v) is 5.64. The van der Waals surface area contributed by atoms with Gasteiger partial charge in [0, 0.05) is 18.2 Å². The molecule has 0 saturated carbocycles. The molecule has 0 bridgehead atoms. The van der Waals surface area contributed by atoms with Crippen LogP contribution in [0, 0.1) is 0 Å². The van der Waals surface area contributed by atoms with Crippen LogP contribution in [0.2, 0.25) is 0 Å². The van der Waals surface area contributed by atoms with Crippen LogP contribution in [0.25, 0.3) is 0 Å². The number of aliphatic hydroxyl groups is 1. The fraction of sp³-hybridized carbons (Fsp3) is 0.562. The van der Waals surface area contributed by atoms with Crippen molar-refractivity contribution >= 4 is 17.2 Å². The van der Waals surface area contributed by atoms with E-state index in [2.05, 4.69) is 25.7 Å². The van der Waals surface area contributed by atoms with Crippen molar-refractivity contribution in [1.82, 2.24) is 4.90 Å². The molecule has 0 aliphatic heterocycles. The Hall–Kier alpha value is -1.17. The van der Waals surface area contributed by atoms with Crippen molar-refractivity contribution in [3.63, 3.8) is 0 Å². The number of benzene rings is 1. The maximum absolute atomic E-state index is 10.1. The number of nitrogens with two attached hydrogens (primary N) is 1. The molecule has 0 fully saturated rings. The lowest BCUT2D eigenvalue weighted by atomic mass is 10.2. The van der Waals surface area contributed by atoms with Crippen LogP contribution >= 0.6 is 12.2 Å².